The van der Waals surface area contributed by atoms with Crippen LogP contribution in [0.3, 0.4) is 0 Å². The molecule has 0 radical (unpaired) electrons. The van der Waals surface area contributed by atoms with Crippen molar-refractivity contribution in [3.05, 3.63) is 53.1 Å². The average molecular weight is 357 g/mol. The van der Waals surface area contributed by atoms with Gasteiger partial charge in [-0.05, 0) is 49.6 Å². The van der Waals surface area contributed by atoms with E-state index in [1.165, 1.54) is 11.1 Å². The van der Waals surface area contributed by atoms with E-state index in [4.69, 9.17) is 18.9 Å². The Labute approximate surface area is 155 Å². The highest BCUT2D eigenvalue weighted by molar-refractivity contribution is 5.55. The predicted molar refractivity (Wildman–Crippen MR) is 101 cm³/mol. The number of benzene rings is 2. The predicted octanol–water partition coefficient (Wildman–Crippen LogP) is 4.03. The third-order valence-electron chi connectivity index (χ3n) is 4.04. The molecular formula is C21H27NO4. The smallest absolute Gasteiger partial charge is 0.231 e. The van der Waals surface area contributed by atoms with Crippen LogP contribution in [0.4, 0.5) is 0 Å². The lowest BCUT2D eigenvalue weighted by molar-refractivity contribution is -0.0149. The highest BCUT2D eigenvalue weighted by atomic mass is 16.7. The Balaban J connectivity index is 1.57. The Hall–Kier alpha value is -2.24. The van der Waals surface area contributed by atoms with Crippen molar-refractivity contribution in [1.29, 1.82) is 0 Å². The Morgan fingerprint density at radius 2 is 1.77 bits per heavy atom. The van der Waals surface area contributed by atoms with Gasteiger partial charge in [-0.3, -0.25) is 0 Å². The maximum Gasteiger partial charge on any atom is 0.231 e. The summed E-state index contributed by atoms with van der Waals surface area (Å²) in [5, 5.41) is 3.47. The number of hydrogen-bond acceptors (Lipinski definition) is 5. The SMILES string of the molecule is COc1cc(CNCc2cccc(COC(C)(C)C)c2)cc2c1OCO2. The molecule has 1 heterocycles. The van der Waals surface area contributed by atoms with Crippen molar-refractivity contribution in [2.24, 2.45) is 0 Å². The van der Waals surface area contributed by atoms with Gasteiger partial charge in [0.1, 0.15) is 0 Å². The van der Waals surface area contributed by atoms with Gasteiger partial charge in [0, 0.05) is 13.1 Å². The Morgan fingerprint density at radius 1 is 1.00 bits per heavy atom. The maximum absolute atomic E-state index is 5.85. The molecule has 0 aliphatic carbocycles. The number of hydrogen-bond donors (Lipinski definition) is 1. The molecule has 2 aromatic carbocycles. The van der Waals surface area contributed by atoms with Crippen LogP contribution in [0.2, 0.25) is 0 Å². The minimum Gasteiger partial charge on any atom is -0.493 e. The van der Waals surface area contributed by atoms with Crippen molar-refractivity contribution in [2.75, 3.05) is 13.9 Å². The van der Waals surface area contributed by atoms with E-state index < -0.39 is 0 Å². The molecule has 0 saturated carbocycles. The van der Waals surface area contributed by atoms with E-state index in [1.54, 1.807) is 7.11 Å². The Kier molecular flexibility index (Phi) is 5.69. The van der Waals surface area contributed by atoms with Gasteiger partial charge >= 0.3 is 0 Å². The second-order valence-electron chi connectivity index (χ2n) is 7.36. The molecular weight excluding hydrogens is 330 g/mol. The number of fused-ring (bicyclic) bond motifs is 1. The molecule has 1 aliphatic rings. The summed E-state index contributed by atoms with van der Waals surface area (Å²) in [4.78, 5) is 0. The van der Waals surface area contributed by atoms with Crippen LogP contribution >= 0.6 is 0 Å². The monoisotopic (exact) mass is 357 g/mol. The highest BCUT2D eigenvalue weighted by Crippen LogP contribution is 2.41. The van der Waals surface area contributed by atoms with Gasteiger partial charge in [-0.15, -0.1) is 0 Å². The first-order valence-electron chi connectivity index (χ1n) is 8.83. The summed E-state index contributed by atoms with van der Waals surface area (Å²) in [5.41, 5.74) is 3.38. The first-order chi connectivity index (χ1) is 12.4. The van der Waals surface area contributed by atoms with E-state index >= 15 is 0 Å². The van der Waals surface area contributed by atoms with E-state index in [2.05, 4.69) is 50.4 Å². The molecule has 0 saturated heterocycles. The van der Waals surface area contributed by atoms with E-state index in [1.807, 2.05) is 12.1 Å². The van der Waals surface area contributed by atoms with Crippen molar-refractivity contribution >= 4 is 0 Å². The maximum atomic E-state index is 5.85. The van der Waals surface area contributed by atoms with Crippen LogP contribution < -0.4 is 19.5 Å². The molecule has 0 fully saturated rings. The van der Waals surface area contributed by atoms with Gasteiger partial charge in [0.25, 0.3) is 0 Å². The molecule has 0 unspecified atom stereocenters. The van der Waals surface area contributed by atoms with E-state index in [0.29, 0.717) is 18.1 Å². The van der Waals surface area contributed by atoms with Gasteiger partial charge < -0.3 is 24.3 Å². The minimum absolute atomic E-state index is 0.132. The first kappa shape index (κ1) is 18.5. The molecule has 0 bridgehead atoms. The second kappa shape index (κ2) is 7.98. The fourth-order valence-electron chi connectivity index (χ4n) is 2.77. The van der Waals surface area contributed by atoms with Crippen LogP contribution in [-0.4, -0.2) is 19.5 Å². The second-order valence-corrected chi connectivity index (χ2v) is 7.36. The third kappa shape index (κ3) is 4.90. The van der Waals surface area contributed by atoms with Crippen molar-refractivity contribution in [2.45, 2.75) is 46.1 Å². The minimum atomic E-state index is -0.132. The van der Waals surface area contributed by atoms with Crippen LogP contribution in [0, 0.1) is 0 Å². The zero-order valence-corrected chi connectivity index (χ0v) is 15.9. The van der Waals surface area contributed by atoms with E-state index in [0.717, 1.165) is 24.4 Å². The van der Waals surface area contributed by atoms with E-state index in [-0.39, 0.29) is 12.4 Å². The molecule has 1 N–H and O–H groups in total. The van der Waals surface area contributed by atoms with Crippen LogP contribution in [0.5, 0.6) is 17.2 Å². The summed E-state index contributed by atoms with van der Waals surface area (Å²) >= 11 is 0. The molecule has 3 rings (SSSR count). The van der Waals surface area contributed by atoms with Crippen molar-refractivity contribution in [3.63, 3.8) is 0 Å². The van der Waals surface area contributed by atoms with Gasteiger partial charge in [-0.2, -0.15) is 0 Å². The van der Waals surface area contributed by atoms with Gasteiger partial charge in [0.15, 0.2) is 11.5 Å². The number of methoxy groups -OCH3 is 1. The van der Waals surface area contributed by atoms with Gasteiger partial charge in [0.05, 0.1) is 19.3 Å². The van der Waals surface area contributed by atoms with Crippen molar-refractivity contribution in [3.8, 4) is 17.2 Å². The standard InChI is InChI=1S/C21H27NO4/c1-21(2,3)26-13-16-7-5-6-15(8-16)11-22-12-17-9-18(23-4)20-19(10-17)24-14-25-20/h5-10,22H,11-14H2,1-4H3. The summed E-state index contributed by atoms with van der Waals surface area (Å²) in [6.45, 7) is 8.56. The van der Waals surface area contributed by atoms with Crippen LogP contribution in [-0.2, 0) is 24.4 Å². The topological polar surface area (TPSA) is 49.0 Å². The third-order valence-corrected chi connectivity index (χ3v) is 4.04. The quantitative estimate of drug-likeness (QED) is 0.811. The first-order valence-corrected chi connectivity index (χ1v) is 8.83. The average Bonchev–Trinajstić information content (AvgIpc) is 3.08. The largest absolute Gasteiger partial charge is 0.493 e. The van der Waals surface area contributed by atoms with Crippen molar-refractivity contribution in [1.82, 2.24) is 5.32 Å². The highest BCUT2D eigenvalue weighted by Gasteiger charge is 2.19. The van der Waals surface area contributed by atoms with Crippen LogP contribution in [0.25, 0.3) is 0 Å². The molecule has 1 aliphatic heterocycles. The molecule has 0 atom stereocenters. The molecule has 0 aromatic heterocycles. The lowest BCUT2D eigenvalue weighted by Crippen LogP contribution is -2.18. The van der Waals surface area contributed by atoms with Gasteiger partial charge in [-0.1, -0.05) is 24.3 Å². The van der Waals surface area contributed by atoms with Gasteiger partial charge in [0.2, 0.25) is 12.5 Å². The normalized spacial score (nSPS) is 13.1. The molecule has 2 aromatic rings. The molecule has 140 valence electrons. The summed E-state index contributed by atoms with van der Waals surface area (Å²) in [6.07, 6.45) is 0. The fraction of sp³-hybridized carbons (Fsp3) is 0.429. The lowest BCUT2D eigenvalue weighted by atomic mass is 10.1. The van der Waals surface area contributed by atoms with E-state index in [9.17, 15) is 0 Å². The van der Waals surface area contributed by atoms with Crippen LogP contribution in [0.15, 0.2) is 36.4 Å². The summed E-state index contributed by atoms with van der Waals surface area (Å²) in [7, 11) is 1.64. The number of ether oxygens (including phenoxy) is 4. The molecule has 0 spiro atoms. The number of nitrogens with one attached hydrogen (secondary N) is 1. The number of rotatable bonds is 7. The molecule has 5 heteroatoms. The summed E-state index contributed by atoms with van der Waals surface area (Å²) < 4.78 is 22.1. The van der Waals surface area contributed by atoms with Crippen LogP contribution in [0.1, 0.15) is 37.5 Å². The Bertz CT molecular complexity index is 752. The summed E-state index contributed by atoms with van der Waals surface area (Å²) in [5.74, 6) is 2.13. The summed E-state index contributed by atoms with van der Waals surface area (Å²) in [6, 6.07) is 12.4. The lowest BCUT2D eigenvalue weighted by Gasteiger charge is -2.19. The molecule has 26 heavy (non-hydrogen) atoms. The zero-order chi connectivity index (χ0) is 18.6. The van der Waals surface area contributed by atoms with Crippen molar-refractivity contribution < 1.29 is 18.9 Å². The zero-order valence-electron chi connectivity index (χ0n) is 15.9. The Morgan fingerprint density at radius 3 is 2.54 bits per heavy atom. The fourth-order valence-corrected chi connectivity index (χ4v) is 2.77. The molecule has 5 nitrogen and oxygen atoms in total. The van der Waals surface area contributed by atoms with Gasteiger partial charge in [-0.25, -0.2) is 0 Å². The molecule has 0 amide bonds.